The molecule has 0 aliphatic heterocycles. The van der Waals surface area contributed by atoms with Gasteiger partial charge in [0.1, 0.15) is 0 Å². The normalized spacial score (nSPS) is 32.6. The second kappa shape index (κ2) is 3.32. The average Bonchev–Trinajstić information content (AvgIpc) is 2.61. The van der Waals surface area contributed by atoms with E-state index in [9.17, 15) is 4.79 Å². The maximum atomic E-state index is 11.1. The molecule has 1 saturated carbocycles. The lowest BCUT2D eigenvalue weighted by Crippen LogP contribution is -2.24. The SMILES string of the molecule is CC(C)CC1CC1(C(=O)O)C(C)C. The van der Waals surface area contributed by atoms with Crippen molar-refractivity contribution in [3.05, 3.63) is 0 Å². The van der Waals surface area contributed by atoms with Crippen LogP contribution in [0.1, 0.15) is 40.5 Å². The quantitative estimate of drug-likeness (QED) is 0.729. The Kier molecular flexibility index (Phi) is 2.69. The van der Waals surface area contributed by atoms with Gasteiger partial charge in [0.2, 0.25) is 0 Å². The van der Waals surface area contributed by atoms with Gasteiger partial charge in [0.25, 0.3) is 0 Å². The summed E-state index contributed by atoms with van der Waals surface area (Å²) in [7, 11) is 0. The number of aliphatic carboxylic acids is 1. The van der Waals surface area contributed by atoms with Crippen LogP contribution in [0.25, 0.3) is 0 Å². The Labute approximate surface area is 80.3 Å². The second-order valence-electron chi connectivity index (χ2n) is 5.03. The number of hydrogen-bond acceptors (Lipinski definition) is 1. The zero-order chi connectivity index (χ0) is 10.2. The third kappa shape index (κ3) is 1.72. The van der Waals surface area contributed by atoms with E-state index in [-0.39, 0.29) is 11.3 Å². The van der Waals surface area contributed by atoms with E-state index in [0.29, 0.717) is 11.8 Å². The van der Waals surface area contributed by atoms with Gasteiger partial charge in [-0.25, -0.2) is 0 Å². The van der Waals surface area contributed by atoms with Crippen LogP contribution in [0.4, 0.5) is 0 Å². The van der Waals surface area contributed by atoms with Crippen molar-refractivity contribution in [2.45, 2.75) is 40.5 Å². The van der Waals surface area contributed by atoms with Gasteiger partial charge in [-0.3, -0.25) is 4.79 Å². The summed E-state index contributed by atoms with van der Waals surface area (Å²) in [6, 6.07) is 0. The summed E-state index contributed by atoms with van der Waals surface area (Å²) in [6.45, 7) is 8.36. The van der Waals surface area contributed by atoms with Crippen LogP contribution in [0.15, 0.2) is 0 Å². The summed E-state index contributed by atoms with van der Waals surface area (Å²) in [4.78, 5) is 11.1. The van der Waals surface area contributed by atoms with Gasteiger partial charge in [-0.2, -0.15) is 0 Å². The number of hydrogen-bond donors (Lipinski definition) is 1. The van der Waals surface area contributed by atoms with Crippen LogP contribution in [-0.2, 0) is 4.79 Å². The highest BCUT2D eigenvalue weighted by molar-refractivity contribution is 5.79. The molecule has 2 nitrogen and oxygen atoms in total. The fourth-order valence-electron chi connectivity index (χ4n) is 2.43. The van der Waals surface area contributed by atoms with E-state index in [2.05, 4.69) is 13.8 Å². The fourth-order valence-corrected chi connectivity index (χ4v) is 2.43. The van der Waals surface area contributed by atoms with Gasteiger partial charge in [0, 0.05) is 0 Å². The minimum atomic E-state index is -0.590. The van der Waals surface area contributed by atoms with Crippen LogP contribution >= 0.6 is 0 Å². The van der Waals surface area contributed by atoms with Gasteiger partial charge in [-0.15, -0.1) is 0 Å². The highest BCUT2D eigenvalue weighted by Gasteiger charge is 2.61. The van der Waals surface area contributed by atoms with Crippen molar-refractivity contribution in [2.75, 3.05) is 0 Å². The summed E-state index contributed by atoms with van der Waals surface area (Å²) in [6.07, 6.45) is 1.95. The van der Waals surface area contributed by atoms with E-state index >= 15 is 0 Å². The summed E-state index contributed by atoms with van der Waals surface area (Å²) in [5.74, 6) is 0.719. The zero-order valence-electron chi connectivity index (χ0n) is 9.00. The van der Waals surface area contributed by atoms with Crippen LogP contribution < -0.4 is 0 Å². The standard InChI is InChI=1S/C11H20O2/c1-7(2)5-9-6-11(9,8(3)4)10(12)13/h7-9H,5-6H2,1-4H3,(H,12,13). The van der Waals surface area contributed by atoms with E-state index in [1.54, 1.807) is 0 Å². The van der Waals surface area contributed by atoms with Gasteiger partial charge in [-0.1, -0.05) is 27.7 Å². The number of carboxylic acids is 1. The molecule has 0 aromatic carbocycles. The molecule has 0 bridgehead atoms. The lowest BCUT2D eigenvalue weighted by atomic mass is 9.87. The summed E-state index contributed by atoms with van der Waals surface area (Å²) in [5.41, 5.74) is -0.385. The van der Waals surface area contributed by atoms with Crippen LogP contribution in [0.2, 0.25) is 0 Å². The van der Waals surface area contributed by atoms with Crippen molar-refractivity contribution in [2.24, 2.45) is 23.2 Å². The molecule has 1 rings (SSSR count). The lowest BCUT2D eigenvalue weighted by Gasteiger charge is -2.17. The molecule has 13 heavy (non-hydrogen) atoms. The summed E-state index contributed by atoms with van der Waals surface area (Å²) in [5, 5.41) is 9.16. The van der Waals surface area contributed by atoms with E-state index in [0.717, 1.165) is 12.8 Å². The highest BCUT2D eigenvalue weighted by atomic mass is 16.4. The number of carbonyl (C=O) groups is 1. The van der Waals surface area contributed by atoms with Gasteiger partial charge in [0.05, 0.1) is 5.41 Å². The molecule has 1 N–H and O–H groups in total. The average molecular weight is 184 g/mol. The van der Waals surface area contributed by atoms with Gasteiger partial charge >= 0.3 is 5.97 Å². The molecule has 0 spiro atoms. The first kappa shape index (κ1) is 10.6. The first-order valence-electron chi connectivity index (χ1n) is 5.14. The molecule has 2 atom stereocenters. The predicted molar refractivity (Wildman–Crippen MR) is 52.5 cm³/mol. The van der Waals surface area contributed by atoms with Gasteiger partial charge in [0.15, 0.2) is 0 Å². The monoisotopic (exact) mass is 184 g/mol. The Hall–Kier alpha value is -0.530. The van der Waals surface area contributed by atoms with Crippen molar-refractivity contribution >= 4 is 5.97 Å². The number of carboxylic acid groups (broad SMARTS) is 1. The lowest BCUT2D eigenvalue weighted by molar-refractivity contribution is -0.146. The van der Waals surface area contributed by atoms with Gasteiger partial charge < -0.3 is 5.11 Å². The molecule has 2 unspecified atom stereocenters. The summed E-state index contributed by atoms with van der Waals surface area (Å²) >= 11 is 0. The molecular weight excluding hydrogens is 164 g/mol. The van der Waals surface area contributed by atoms with E-state index in [1.807, 2.05) is 13.8 Å². The van der Waals surface area contributed by atoms with Crippen molar-refractivity contribution in [3.63, 3.8) is 0 Å². The van der Waals surface area contributed by atoms with Crippen LogP contribution in [0.3, 0.4) is 0 Å². The maximum Gasteiger partial charge on any atom is 0.310 e. The smallest absolute Gasteiger partial charge is 0.310 e. The third-order valence-electron chi connectivity index (χ3n) is 3.34. The Morgan fingerprint density at radius 3 is 2.23 bits per heavy atom. The maximum absolute atomic E-state index is 11.1. The molecule has 1 aliphatic carbocycles. The molecule has 1 fully saturated rings. The highest BCUT2D eigenvalue weighted by Crippen LogP contribution is 2.60. The Bertz CT molecular complexity index is 208. The van der Waals surface area contributed by atoms with E-state index in [4.69, 9.17) is 5.11 Å². The van der Waals surface area contributed by atoms with E-state index in [1.165, 1.54) is 0 Å². The third-order valence-corrected chi connectivity index (χ3v) is 3.34. The Morgan fingerprint density at radius 2 is 2.00 bits per heavy atom. The second-order valence-corrected chi connectivity index (χ2v) is 5.03. The molecular formula is C11H20O2. The molecule has 0 aromatic rings. The fraction of sp³-hybridized carbons (Fsp3) is 0.909. The molecule has 76 valence electrons. The Morgan fingerprint density at radius 1 is 1.46 bits per heavy atom. The molecule has 0 amide bonds. The van der Waals surface area contributed by atoms with Crippen molar-refractivity contribution < 1.29 is 9.90 Å². The molecule has 0 heterocycles. The first-order chi connectivity index (χ1) is 5.91. The zero-order valence-corrected chi connectivity index (χ0v) is 9.00. The Balaban J connectivity index is 2.62. The first-order valence-corrected chi connectivity index (χ1v) is 5.14. The minimum Gasteiger partial charge on any atom is -0.481 e. The van der Waals surface area contributed by atoms with Crippen molar-refractivity contribution in [1.82, 2.24) is 0 Å². The van der Waals surface area contributed by atoms with Crippen molar-refractivity contribution in [1.29, 1.82) is 0 Å². The minimum absolute atomic E-state index is 0.272. The molecule has 2 heteroatoms. The topological polar surface area (TPSA) is 37.3 Å². The molecule has 0 radical (unpaired) electrons. The predicted octanol–water partition coefficient (Wildman–Crippen LogP) is 2.78. The summed E-state index contributed by atoms with van der Waals surface area (Å²) < 4.78 is 0. The largest absolute Gasteiger partial charge is 0.481 e. The molecule has 0 saturated heterocycles. The van der Waals surface area contributed by atoms with E-state index < -0.39 is 5.97 Å². The van der Waals surface area contributed by atoms with Crippen LogP contribution in [0.5, 0.6) is 0 Å². The molecule has 1 aliphatic rings. The van der Waals surface area contributed by atoms with Crippen molar-refractivity contribution in [3.8, 4) is 0 Å². The molecule has 0 aromatic heterocycles. The van der Waals surface area contributed by atoms with Crippen LogP contribution in [0, 0.1) is 23.2 Å². The van der Waals surface area contributed by atoms with Crippen LogP contribution in [-0.4, -0.2) is 11.1 Å². The number of rotatable bonds is 4. The van der Waals surface area contributed by atoms with Gasteiger partial charge in [-0.05, 0) is 30.6 Å².